The fraction of sp³-hybridized carbons (Fsp3) is 0.0667. The first-order chi connectivity index (χ1) is 9.25. The van der Waals surface area contributed by atoms with Crippen LogP contribution in [0.1, 0.15) is 12.0 Å². The lowest BCUT2D eigenvalue weighted by molar-refractivity contribution is -0.114. The largest absolute Gasteiger partial charge is 0.313 e. The highest BCUT2D eigenvalue weighted by Crippen LogP contribution is 2.36. The lowest BCUT2D eigenvalue weighted by Gasteiger charge is -2.16. The van der Waals surface area contributed by atoms with Gasteiger partial charge in [-0.15, -0.1) is 0 Å². The van der Waals surface area contributed by atoms with Crippen molar-refractivity contribution in [3.8, 4) is 0 Å². The summed E-state index contributed by atoms with van der Waals surface area (Å²) in [7, 11) is 0. The van der Waals surface area contributed by atoms with Crippen LogP contribution in [0.25, 0.3) is 16.6 Å². The number of carbonyl (C=O) groups is 1. The molecule has 0 unspecified atom stereocenters. The van der Waals surface area contributed by atoms with Crippen molar-refractivity contribution in [1.29, 1.82) is 0 Å². The van der Waals surface area contributed by atoms with Crippen molar-refractivity contribution < 1.29 is 4.79 Å². The summed E-state index contributed by atoms with van der Waals surface area (Å²) in [6, 6.07) is 8.15. The molecule has 0 fully saturated rings. The number of halogens is 1. The van der Waals surface area contributed by atoms with E-state index in [2.05, 4.69) is 33.1 Å². The van der Waals surface area contributed by atoms with Gasteiger partial charge in [0.15, 0.2) is 5.78 Å². The molecule has 0 amide bonds. The van der Waals surface area contributed by atoms with Gasteiger partial charge in [-0.25, -0.2) is 0 Å². The van der Waals surface area contributed by atoms with Crippen LogP contribution in [0.4, 0.5) is 0 Å². The van der Waals surface area contributed by atoms with Gasteiger partial charge in [-0.05, 0) is 22.0 Å². The van der Waals surface area contributed by atoms with Crippen molar-refractivity contribution in [1.82, 2.24) is 4.57 Å². The molecule has 0 spiro atoms. The third-order valence-electron chi connectivity index (χ3n) is 3.50. The molecule has 1 aliphatic heterocycles. The van der Waals surface area contributed by atoms with Crippen LogP contribution in [-0.4, -0.2) is 16.6 Å². The number of allylic oxidation sites excluding steroid dienone is 4. The molecule has 4 rings (SSSR count). The van der Waals surface area contributed by atoms with Crippen LogP contribution in [0.3, 0.4) is 0 Å². The van der Waals surface area contributed by atoms with Crippen molar-refractivity contribution in [3.63, 3.8) is 0 Å². The monoisotopic (exact) mass is 312 g/mol. The van der Waals surface area contributed by atoms with Crippen LogP contribution in [-0.2, 0) is 4.79 Å². The molecular formula is C15H9BrN2O. The average molecular weight is 313 g/mol. The lowest BCUT2D eigenvalue weighted by atomic mass is 10.1. The van der Waals surface area contributed by atoms with E-state index in [9.17, 15) is 4.79 Å². The minimum absolute atomic E-state index is 0.0594. The molecule has 1 aliphatic carbocycles. The number of hydrogen-bond donors (Lipinski definition) is 0. The molecule has 1 aromatic carbocycles. The fourth-order valence-electron chi connectivity index (χ4n) is 2.63. The molecular weight excluding hydrogens is 304 g/mol. The van der Waals surface area contributed by atoms with Gasteiger partial charge in [0, 0.05) is 34.3 Å². The molecule has 92 valence electrons. The molecule has 0 saturated heterocycles. The highest BCUT2D eigenvalue weighted by molar-refractivity contribution is 9.12. The average Bonchev–Trinajstić information content (AvgIpc) is 2.75. The second kappa shape index (κ2) is 3.78. The molecule has 3 nitrogen and oxygen atoms in total. The van der Waals surface area contributed by atoms with Gasteiger partial charge in [-0.3, -0.25) is 9.79 Å². The Morgan fingerprint density at radius 3 is 3.05 bits per heavy atom. The van der Waals surface area contributed by atoms with Crippen molar-refractivity contribution in [2.24, 2.45) is 4.99 Å². The first kappa shape index (κ1) is 10.9. The number of hydrogen-bond acceptors (Lipinski definition) is 2. The van der Waals surface area contributed by atoms with E-state index < -0.39 is 0 Å². The Balaban J connectivity index is 2.16. The second-order valence-electron chi connectivity index (χ2n) is 4.61. The maximum atomic E-state index is 12.1. The molecule has 2 aliphatic rings. The predicted molar refractivity (Wildman–Crippen MR) is 79.4 cm³/mol. The summed E-state index contributed by atoms with van der Waals surface area (Å²) in [5.41, 5.74) is 3.50. The van der Waals surface area contributed by atoms with E-state index in [1.807, 2.05) is 29.0 Å². The summed E-state index contributed by atoms with van der Waals surface area (Å²) in [4.78, 5) is 16.5. The number of benzene rings is 1. The van der Waals surface area contributed by atoms with Crippen LogP contribution in [0, 0.1) is 0 Å². The predicted octanol–water partition coefficient (Wildman–Crippen LogP) is 3.49. The minimum Gasteiger partial charge on any atom is -0.313 e. The van der Waals surface area contributed by atoms with E-state index in [0.29, 0.717) is 12.1 Å². The van der Waals surface area contributed by atoms with Crippen LogP contribution >= 0.6 is 15.9 Å². The molecule has 2 aromatic rings. The quantitative estimate of drug-likeness (QED) is 0.733. The van der Waals surface area contributed by atoms with Gasteiger partial charge < -0.3 is 4.57 Å². The van der Waals surface area contributed by atoms with Gasteiger partial charge in [-0.1, -0.05) is 24.3 Å². The number of aliphatic imine (C=N–C) groups is 1. The third kappa shape index (κ3) is 1.43. The Bertz CT molecular complexity index is 824. The van der Waals surface area contributed by atoms with Gasteiger partial charge in [0.2, 0.25) is 0 Å². The highest BCUT2D eigenvalue weighted by Gasteiger charge is 2.25. The van der Waals surface area contributed by atoms with Crippen molar-refractivity contribution >= 4 is 44.5 Å². The smallest absolute Gasteiger partial charge is 0.187 e. The Morgan fingerprint density at radius 2 is 2.16 bits per heavy atom. The van der Waals surface area contributed by atoms with Gasteiger partial charge >= 0.3 is 0 Å². The van der Waals surface area contributed by atoms with E-state index in [1.54, 1.807) is 6.21 Å². The molecule has 1 aromatic heterocycles. The van der Waals surface area contributed by atoms with E-state index in [1.165, 1.54) is 0 Å². The van der Waals surface area contributed by atoms with Gasteiger partial charge in [0.1, 0.15) is 5.70 Å². The van der Waals surface area contributed by atoms with Gasteiger partial charge in [0.05, 0.1) is 11.2 Å². The first-order valence-electron chi connectivity index (χ1n) is 6.04. The number of Topliss-reactive ketones (excluding diaryl/α,β-unsaturated/α-hetero) is 1. The molecule has 0 N–H and O–H groups in total. The lowest BCUT2D eigenvalue weighted by Crippen LogP contribution is -2.10. The van der Waals surface area contributed by atoms with Crippen LogP contribution < -0.4 is 0 Å². The Labute approximate surface area is 118 Å². The normalized spacial score (nSPS) is 17.5. The van der Waals surface area contributed by atoms with E-state index >= 15 is 0 Å². The van der Waals surface area contributed by atoms with E-state index in [-0.39, 0.29) is 5.78 Å². The van der Waals surface area contributed by atoms with Crippen molar-refractivity contribution in [3.05, 3.63) is 52.3 Å². The summed E-state index contributed by atoms with van der Waals surface area (Å²) in [5, 5.41) is 1.15. The third-order valence-corrected chi connectivity index (χ3v) is 4.20. The molecule has 0 bridgehead atoms. The molecule has 0 saturated carbocycles. The highest BCUT2D eigenvalue weighted by atomic mass is 79.9. The second-order valence-corrected chi connectivity index (χ2v) is 5.46. The molecule has 0 radical (unpaired) electrons. The summed E-state index contributed by atoms with van der Waals surface area (Å²) in [6.07, 6.45) is 6.07. The maximum Gasteiger partial charge on any atom is 0.187 e. The number of rotatable bonds is 0. The number of nitrogens with zero attached hydrogens (tertiary/aromatic N) is 2. The first-order valence-corrected chi connectivity index (χ1v) is 6.83. The van der Waals surface area contributed by atoms with Crippen LogP contribution in [0.15, 0.2) is 51.7 Å². The zero-order chi connectivity index (χ0) is 13.0. The molecule has 0 atom stereocenters. The number of fused-ring (bicyclic) bond motifs is 1. The summed E-state index contributed by atoms with van der Waals surface area (Å²) in [5.74, 6) is 0.0594. The summed E-state index contributed by atoms with van der Waals surface area (Å²) in [6.45, 7) is 0. The molecule has 19 heavy (non-hydrogen) atoms. The standard InChI is InChI=1S/C15H9BrN2O/c16-11-4-5-12(19)13-15(11)18-7-6-9-2-1-3-10(8-17-13)14(9)18/h1-4,6-8H,5H2. The fourth-order valence-corrected chi connectivity index (χ4v) is 3.17. The summed E-state index contributed by atoms with van der Waals surface area (Å²) >= 11 is 3.55. The Morgan fingerprint density at radius 1 is 1.26 bits per heavy atom. The van der Waals surface area contributed by atoms with Gasteiger partial charge in [0.25, 0.3) is 0 Å². The van der Waals surface area contributed by atoms with Crippen molar-refractivity contribution in [2.45, 2.75) is 6.42 Å². The number of carbonyl (C=O) groups excluding carboxylic acids is 1. The van der Waals surface area contributed by atoms with Crippen LogP contribution in [0.5, 0.6) is 0 Å². The van der Waals surface area contributed by atoms with Gasteiger partial charge in [-0.2, -0.15) is 0 Å². The Hall–Kier alpha value is -1.94. The van der Waals surface area contributed by atoms with E-state index in [0.717, 1.165) is 26.6 Å². The zero-order valence-electron chi connectivity index (χ0n) is 9.93. The minimum atomic E-state index is 0.0594. The van der Waals surface area contributed by atoms with Crippen LogP contribution in [0.2, 0.25) is 0 Å². The SMILES string of the molecule is O=C1CC=C(Br)C2=C1N=Cc1cccc3ccn2c13. The topological polar surface area (TPSA) is 34.4 Å². The Kier molecular flexibility index (Phi) is 2.17. The van der Waals surface area contributed by atoms with E-state index in [4.69, 9.17) is 0 Å². The zero-order valence-corrected chi connectivity index (χ0v) is 11.5. The molecule has 4 heteroatoms. The number of aromatic nitrogens is 1. The number of para-hydroxylation sites is 1. The molecule has 2 heterocycles. The number of ketones is 1. The maximum absolute atomic E-state index is 12.1. The van der Waals surface area contributed by atoms with Crippen molar-refractivity contribution in [2.75, 3.05) is 0 Å². The summed E-state index contributed by atoms with van der Waals surface area (Å²) < 4.78 is 2.97.